The Morgan fingerprint density at radius 1 is 1.09 bits per heavy atom. The number of imidazole rings is 2. The Labute approximate surface area is 185 Å². The fourth-order valence-electron chi connectivity index (χ4n) is 3.59. The van der Waals surface area contributed by atoms with E-state index < -0.39 is 15.3 Å². The number of benzene rings is 2. The smallest absolute Gasteiger partial charge is 0.244 e. The van der Waals surface area contributed by atoms with Crippen molar-refractivity contribution in [3.8, 4) is 22.5 Å². The van der Waals surface area contributed by atoms with E-state index in [1.54, 1.807) is 55.1 Å². The van der Waals surface area contributed by atoms with E-state index in [1.807, 2.05) is 6.92 Å². The Balaban J connectivity index is 2.00. The molecule has 0 saturated heterocycles. The first-order valence-electron chi connectivity index (χ1n) is 10.1. The van der Waals surface area contributed by atoms with Crippen molar-refractivity contribution in [3.05, 3.63) is 54.6 Å². The van der Waals surface area contributed by atoms with Crippen molar-refractivity contribution in [2.45, 2.75) is 32.1 Å². The van der Waals surface area contributed by atoms with Crippen LogP contribution in [0.25, 0.3) is 33.5 Å². The third-order valence-corrected chi connectivity index (χ3v) is 7.50. The number of aromatic nitrogens is 4. The van der Waals surface area contributed by atoms with Gasteiger partial charge in [-0.25, -0.2) is 26.7 Å². The number of nitrogens with zero attached hydrogens (tertiary/aromatic N) is 4. The molecule has 1 atom stereocenters. The molecule has 32 heavy (non-hydrogen) atoms. The number of nitrogens with two attached hydrogens (primary N) is 1. The molecule has 0 aliphatic heterocycles. The highest BCUT2D eigenvalue weighted by atomic mass is 32.2. The molecule has 0 aliphatic carbocycles. The molecule has 2 heterocycles. The molecule has 168 valence electrons. The normalized spacial score (nSPS) is 13.2. The van der Waals surface area contributed by atoms with Crippen molar-refractivity contribution < 1.29 is 17.9 Å². The van der Waals surface area contributed by atoms with Crippen molar-refractivity contribution in [1.29, 1.82) is 0 Å². The van der Waals surface area contributed by atoms with Crippen LogP contribution in [0.5, 0.6) is 0 Å². The van der Waals surface area contributed by atoms with Gasteiger partial charge in [-0.3, -0.25) is 0 Å². The summed E-state index contributed by atoms with van der Waals surface area (Å²) in [5.41, 5.74) is 9.35. The van der Waals surface area contributed by atoms with Crippen LogP contribution < -0.4 is 5.73 Å². The van der Waals surface area contributed by atoms with Crippen molar-refractivity contribution in [1.82, 2.24) is 18.5 Å². The number of aliphatic hydroxyl groups excluding tert-OH is 1. The van der Waals surface area contributed by atoms with E-state index in [0.29, 0.717) is 33.5 Å². The van der Waals surface area contributed by atoms with Gasteiger partial charge in [-0.15, -0.1) is 0 Å². The predicted octanol–water partition coefficient (Wildman–Crippen LogP) is 3.43. The third kappa shape index (κ3) is 3.55. The van der Waals surface area contributed by atoms with Gasteiger partial charge in [-0.05, 0) is 57.2 Å². The first-order valence-corrected chi connectivity index (χ1v) is 11.6. The molecule has 0 fully saturated rings. The van der Waals surface area contributed by atoms with Crippen LogP contribution in [-0.4, -0.2) is 43.9 Å². The maximum Gasteiger partial charge on any atom is 0.244 e. The number of hydrogen-bond acceptors (Lipinski definition) is 6. The molecule has 3 N–H and O–H groups in total. The van der Waals surface area contributed by atoms with E-state index in [9.17, 15) is 17.9 Å². The second kappa shape index (κ2) is 8.03. The number of aliphatic hydroxyl groups is 1. The van der Waals surface area contributed by atoms with Gasteiger partial charge >= 0.3 is 0 Å². The number of rotatable bonds is 6. The molecule has 10 heteroatoms. The topological polar surface area (TPSA) is 116 Å². The standard InChI is InChI=1S/C22H24FN5O3S/c1-13(2)32(30,31)28-19-10-16(6-9-18(19)26-22(28)24)21-20(15-4-7-17(23)8-5-15)25-12-27(21)14(3)11-29/h4-10,12-14,29H,11H2,1-3H3,(H2,24,26). The van der Waals surface area contributed by atoms with Gasteiger partial charge < -0.3 is 15.4 Å². The van der Waals surface area contributed by atoms with Crippen LogP contribution in [0.1, 0.15) is 26.8 Å². The highest BCUT2D eigenvalue weighted by Crippen LogP contribution is 2.35. The summed E-state index contributed by atoms with van der Waals surface area (Å²) in [6.45, 7) is 4.87. The number of nitrogen functional groups attached to an aromatic ring is 1. The largest absolute Gasteiger partial charge is 0.394 e. The second-order valence-corrected chi connectivity index (χ2v) is 10.3. The summed E-state index contributed by atoms with van der Waals surface area (Å²) < 4.78 is 42.2. The van der Waals surface area contributed by atoms with Crippen LogP contribution in [0.4, 0.5) is 10.3 Å². The molecule has 0 amide bonds. The van der Waals surface area contributed by atoms with Crippen LogP contribution in [-0.2, 0) is 10.0 Å². The zero-order chi connectivity index (χ0) is 23.2. The van der Waals surface area contributed by atoms with E-state index in [4.69, 9.17) is 5.73 Å². The minimum absolute atomic E-state index is 0.109. The van der Waals surface area contributed by atoms with Gasteiger partial charge in [0.2, 0.25) is 16.0 Å². The van der Waals surface area contributed by atoms with Gasteiger partial charge in [-0.2, -0.15) is 0 Å². The lowest BCUT2D eigenvalue weighted by Crippen LogP contribution is -2.23. The SMILES string of the molecule is CC(CO)n1cnc(-c2ccc(F)cc2)c1-c1ccc2nc(N)n(S(=O)(=O)C(C)C)c2c1. The Morgan fingerprint density at radius 2 is 1.75 bits per heavy atom. The molecule has 0 aliphatic rings. The minimum Gasteiger partial charge on any atom is -0.394 e. The van der Waals surface area contributed by atoms with Crippen molar-refractivity contribution in [2.24, 2.45) is 0 Å². The Morgan fingerprint density at radius 3 is 2.38 bits per heavy atom. The van der Waals surface area contributed by atoms with E-state index in [2.05, 4.69) is 9.97 Å². The molecule has 0 bridgehead atoms. The quantitative estimate of drug-likeness (QED) is 0.458. The molecule has 0 spiro atoms. The lowest BCUT2D eigenvalue weighted by atomic mass is 10.0. The van der Waals surface area contributed by atoms with Crippen LogP contribution >= 0.6 is 0 Å². The highest BCUT2D eigenvalue weighted by Gasteiger charge is 2.26. The summed E-state index contributed by atoms with van der Waals surface area (Å²) >= 11 is 0. The van der Waals surface area contributed by atoms with Crippen LogP contribution in [0.3, 0.4) is 0 Å². The fourth-order valence-corrected chi connectivity index (χ4v) is 4.73. The number of anilines is 1. The molecule has 4 aromatic rings. The predicted molar refractivity (Wildman–Crippen MR) is 122 cm³/mol. The number of hydrogen-bond donors (Lipinski definition) is 2. The first-order chi connectivity index (χ1) is 15.1. The van der Waals surface area contributed by atoms with Gasteiger partial charge in [-0.1, -0.05) is 6.07 Å². The lowest BCUT2D eigenvalue weighted by molar-refractivity contribution is 0.239. The summed E-state index contributed by atoms with van der Waals surface area (Å²) in [5.74, 6) is -0.472. The summed E-state index contributed by atoms with van der Waals surface area (Å²) in [7, 11) is -3.75. The number of halogens is 1. The molecule has 0 saturated carbocycles. The zero-order valence-electron chi connectivity index (χ0n) is 17.9. The molecule has 1 unspecified atom stereocenters. The molecule has 0 radical (unpaired) electrons. The van der Waals surface area contributed by atoms with Crippen LogP contribution in [0.2, 0.25) is 0 Å². The molecule has 8 nitrogen and oxygen atoms in total. The summed E-state index contributed by atoms with van der Waals surface area (Å²) in [6.07, 6.45) is 1.61. The van der Waals surface area contributed by atoms with Crippen LogP contribution in [0.15, 0.2) is 48.8 Å². The Bertz CT molecular complexity index is 1390. The van der Waals surface area contributed by atoms with Crippen molar-refractivity contribution in [2.75, 3.05) is 12.3 Å². The van der Waals surface area contributed by atoms with Gasteiger partial charge in [0.15, 0.2) is 0 Å². The van der Waals surface area contributed by atoms with E-state index in [-0.39, 0.29) is 24.4 Å². The maximum absolute atomic E-state index is 13.5. The van der Waals surface area contributed by atoms with Crippen LogP contribution in [0, 0.1) is 5.82 Å². The molecule has 2 aromatic heterocycles. The summed E-state index contributed by atoms with van der Waals surface area (Å²) in [6, 6.07) is 10.8. The van der Waals surface area contributed by atoms with E-state index in [0.717, 1.165) is 3.97 Å². The highest BCUT2D eigenvalue weighted by molar-refractivity contribution is 7.90. The molecular formula is C22H24FN5O3S. The van der Waals surface area contributed by atoms with Gasteiger partial charge in [0, 0.05) is 11.1 Å². The van der Waals surface area contributed by atoms with Crippen molar-refractivity contribution in [3.63, 3.8) is 0 Å². The van der Waals surface area contributed by atoms with Crippen molar-refractivity contribution >= 4 is 27.0 Å². The maximum atomic E-state index is 13.5. The summed E-state index contributed by atoms with van der Waals surface area (Å²) in [4.78, 5) is 8.72. The third-order valence-electron chi connectivity index (χ3n) is 5.41. The molecule has 4 rings (SSSR count). The van der Waals surface area contributed by atoms with E-state index in [1.165, 1.54) is 12.1 Å². The zero-order valence-corrected chi connectivity index (χ0v) is 18.7. The Kier molecular flexibility index (Phi) is 5.51. The molecule has 2 aromatic carbocycles. The van der Waals surface area contributed by atoms with Gasteiger partial charge in [0.05, 0.1) is 46.6 Å². The summed E-state index contributed by atoms with van der Waals surface area (Å²) in [5, 5.41) is 9.06. The average Bonchev–Trinajstić information content (AvgIpc) is 3.33. The second-order valence-electron chi connectivity index (χ2n) is 7.92. The first kappa shape index (κ1) is 22.0. The lowest BCUT2D eigenvalue weighted by Gasteiger charge is -2.16. The average molecular weight is 458 g/mol. The van der Waals surface area contributed by atoms with E-state index >= 15 is 0 Å². The minimum atomic E-state index is -3.75. The van der Waals surface area contributed by atoms with Gasteiger partial charge in [0.1, 0.15) is 5.82 Å². The number of fused-ring (bicyclic) bond motifs is 1. The molecular weight excluding hydrogens is 433 g/mol. The van der Waals surface area contributed by atoms with Gasteiger partial charge in [0.25, 0.3) is 0 Å². The Hall–Kier alpha value is -3.24. The fraction of sp³-hybridized carbons (Fsp3) is 0.273. The monoisotopic (exact) mass is 457 g/mol.